The second kappa shape index (κ2) is 7.78. The van der Waals surface area contributed by atoms with Gasteiger partial charge in [0.1, 0.15) is 5.60 Å². The van der Waals surface area contributed by atoms with Gasteiger partial charge in [-0.15, -0.1) is 0 Å². The van der Waals surface area contributed by atoms with Crippen molar-refractivity contribution >= 4 is 11.9 Å². The summed E-state index contributed by atoms with van der Waals surface area (Å²) in [6.45, 7) is 5.38. The summed E-state index contributed by atoms with van der Waals surface area (Å²) in [6.07, 6.45) is 1.78. The molecule has 0 amide bonds. The van der Waals surface area contributed by atoms with E-state index in [9.17, 15) is 9.59 Å². The summed E-state index contributed by atoms with van der Waals surface area (Å²) in [5.41, 5.74) is -0.222. The molecule has 1 rings (SSSR count). The van der Waals surface area contributed by atoms with E-state index in [0.717, 1.165) is 12.8 Å². The van der Waals surface area contributed by atoms with Crippen molar-refractivity contribution in [3.63, 3.8) is 0 Å². The van der Waals surface area contributed by atoms with E-state index >= 15 is 0 Å². The number of esters is 2. The predicted octanol–water partition coefficient (Wildman–Crippen LogP) is 2.57. The highest BCUT2D eigenvalue weighted by atomic mass is 16.6. The number of hydrogen-bond acceptors (Lipinski definition) is 5. The second-order valence-electron chi connectivity index (χ2n) is 5.37. The molecule has 0 aromatic heterocycles. The number of hydrogen-bond donors (Lipinski definition) is 1. The minimum Gasteiger partial charge on any atom is -0.462 e. The third kappa shape index (κ3) is 5.55. The van der Waals surface area contributed by atoms with Crippen molar-refractivity contribution in [2.45, 2.75) is 39.2 Å². The Kier molecular flexibility index (Phi) is 6.37. The van der Waals surface area contributed by atoms with Crippen LogP contribution in [0.3, 0.4) is 0 Å². The van der Waals surface area contributed by atoms with E-state index in [0.29, 0.717) is 17.7 Å². The fraction of sp³-hybridized carbons (Fsp3) is 0.500. The molecule has 0 saturated carbocycles. The zero-order valence-corrected chi connectivity index (χ0v) is 12.7. The van der Waals surface area contributed by atoms with Gasteiger partial charge in [-0.1, -0.05) is 13.3 Å². The molecule has 1 N–H and O–H groups in total. The van der Waals surface area contributed by atoms with Gasteiger partial charge in [0.05, 0.1) is 24.3 Å². The highest BCUT2D eigenvalue weighted by Gasteiger charge is 2.22. The van der Waals surface area contributed by atoms with Gasteiger partial charge in [-0.3, -0.25) is 0 Å². The highest BCUT2D eigenvalue weighted by molar-refractivity contribution is 5.93. The standard InChI is InChI=1S/C16H22O5/c1-4-5-10-20-14(18)12-6-8-13(9-7-12)15(19)21-16(2,3)11-17/h6-9,17H,4-5,10-11H2,1-3H3. The molecule has 0 atom stereocenters. The summed E-state index contributed by atoms with van der Waals surface area (Å²) in [5.74, 6) is -0.945. The van der Waals surface area contributed by atoms with E-state index in [1.165, 1.54) is 24.3 Å². The van der Waals surface area contributed by atoms with Crippen molar-refractivity contribution < 1.29 is 24.2 Å². The van der Waals surface area contributed by atoms with Gasteiger partial charge < -0.3 is 14.6 Å². The molecule has 0 radical (unpaired) electrons. The number of carbonyl (C=O) groups excluding carboxylic acids is 2. The lowest BCUT2D eigenvalue weighted by molar-refractivity contribution is -0.0265. The van der Waals surface area contributed by atoms with Crippen molar-refractivity contribution in [1.29, 1.82) is 0 Å². The molecule has 5 nitrogen and oxygen atoms in total. The average Bonchev–Trinajstić information content (AvgIpc) is 2.47. The number of aliphatic hydroxyl groups excluding tert-OH is 1. The largest absolute Gasteiger partial charge is 0.462 e. The number of unbranched alkanes of at least 4 members (excludes halogenated alkanes) is 1. The molecular formula is C16H22O5. The Labute approximate surface area is 124 Å². The van der Waals surface area contributed by atoms with Crippen molar-refractivity contribution in [3.05, 3.63) is 35.4 Å². The Balaban J connectivity index is 2.65. The SMILES string of the molecule is CCCCOC(=O)c1ccc(C(=O)OC(C)(C)CO)cc1. The van der Waals surface area contributed by atoms with Crippen LogP contribution in [-0.2, 0) is 9.47 Å². The molecule has 0 saturated heterocycles. The summed E-state index contributed by atoms with van der Waals surface area (Å²) < 4.78 is 10.2. The lowest BCUT2D eigenvalue weighted by Crippen LogP contribution is -2.32. The maximum atomic E-state index is 11.9. The summed E-state index contributed by atoms with van der Waals surface area (Å²) in [7, 11) is 0. The lowest BCUT2D eigenvalue weighted by Gasteiger charge is -2.22. The summed E-state index contributed by atoms with van der Waals surface area (Å²) in [4.78, 5) is 23.6. The normalized spacial score (nSPS) is 11.0. The van der Waals surface area contributed by atoms with Gasteiger partial charge in [-0.2, -0.15) is 0 Å². The van der Waals surface area contributed by atoms with E-state index in [4.69, 9.17) is 14.6 Å². The van der Waals surface area contributed by atoms with Gasteiger partial charge >= 0.3 is 11.9 Å². The minimum atomic E-state index is -0.936. The Hall–Kier alpha value is -1.88. The van der Waals surface area contributed by atoms with Crippen LogP contribution < -0.4 is 0 Å². The maximum absolute atomic E-state index is 11.9. The molecule has 0 fully saturated rings. The molecule has 0 aliphatic rings. The van der Waals surface area contributed by atoms with Crippen LogP contribution in [0.1, 0.15) is 54.3 Å². The zero-order chi connectivity index (χ0) is 15.9. The first-order chi connectivity index (χ1) is 9.89. The van der Waals surface area contributed by atoms with E-state index in [1.54, 1.807) is 13.8 Å². The van der Waals surface area contributed by atoms with Gasteiger partial charge in [-0.25, -0.2) is 9.59 Å². The monoisotopic (exact) mass is 294 g/mol. The topological polar surface area (TPSA) is 72.8 Å². The van der Waals surface area contributed by atoms with Crippen LogP contribution in [0.15, 0.2) is 24.3 Å². The fourth-order valence-corrected chi connectivity index (χ4v) is 1.48. The van der Waals surface area contributed by atoms with E-state index in [2.05, 4.69) is 0 Å². The first kappa shape index (κ1) is 17.2. The molecule has 21 heavy (non-hydrogen) atoms. The number of carbonyl (C=O) groups is 2. The van der Waals surface area contributed by atoms with Crippen molar-refractivity contribution in [3.8, 4) is 0 Å². The molecule has 5 heteroatoms. The van der Waals surface area contributed by atoms with Gasteiger partial charge in [0.15, 0.2) is 0 Å². The van der Waals surface area contributed by atoms with Crippen LogP contribution in [0.4, 0.5) is 0 Å². The first-order valence-corrected chi connectivity index (χ1v) is 7.01. The summed E-state index contributed by atoms with van der Waals surface area (Å²) in [5, 5.41) is 9.07. The van der Waals surface area contributed by atoms with E-state index in [-0.39, 0.29) is 6.61 Å². The van der Waals surface area contributed by atoms with E-state index in [1.807, 2.05) is 6.92 Å². The summed E-state index contributed by atoms with van der Waals surface area (Å²) in [6, 6.07) is 6.06. The zero-order valence-electron chi connectivity index (χ0n) is 12.7. The van der Waals surface area contributed by atoms with Gasteiger partial charge in [0, 0.05) is 0 Å². The molecule has 116 valence electrons. The number of aliphatic hydroxyl groups is 1. The average molecular weight is 294 g/mol. The maximum Gasteiger partial charge on any atom is 0.338 e. The molecule has 1 aromatic carbocycles. The third-order valence-corrected chi connectivity index (χ3v) is 2.84. The number of rotatable bonds is 7. The van der Waals surface area contributed by atoms with Crippen LogP contribution >= 0.6 is 0 Å². The van der Waals surface area contributed by atoms with Crippen LogP contribution in [-0.4, -0.2) is 35.9 Å². The molecule has 0 aliphatic heterocycles. The first-order valence-electron chi connectivity index (χ1n) is 7.01. The summed E-state index contributed by atoms with van der Waals surface area (Å²) >= 11 is 0. The molecular weight excluding hydrogens is 272 g/mol. The van der Waals surface area contributed by atoms with E-state index < -0.39 is 17.5 Å². The Bertz CT molecular complexity index is 476. The quantitative estimate of drug-likeness (QED) is 0.618. The Morgan fingerprint density at radius 3 is 2.10 bits per heavy atom. The second-order valence-corrected chi connectivity index (χ2v) is 5.37. The van der Waals surface area contributed by atoms with Crippen LogP contribution in [0.5, 0.6) is 0 Å². The molecule has 0 spiro atoms. The Morgan fingerprint density at radius 1 is 1.10 bits per heavy atom. The molecule has 0 aliphatic carbocycles. The predicted molar refractivity (Wildman–Crippen MR) is 78.2 cm³/mol. The third-order valence-electron chi connectivity index (χ3n) is 2.84. The van der Waals surface area contributed by atoms with Crippen LogP contribution in [0, 0.1) is 0 Å². The van der Waals surface area contributed by atoms with Crippen LogP contribution in [0.25, 0.3) is 0 Å². The van der Waals surface area contributed by atoms with Crippen molar-refractivity contribution in [2.24, 2.45) is 0 Å². The fourth-order valence-electron chi connectivity index (χ4n) is 1.48. The molecule has 0 heterocycles. The smallest absolute Gasteiger partial charge is 0.338 e. The van der Waals surface area contributed by atoms with Crippen molar-refractivity contribution in [1.82, 2.24) is 0 Å². The molecule has 1 aromatic rings. The van der Waals surface area contributed by atoms with Gasteiger partial charge in [0.25, 0.3) is 0 Å². The van der Waals surface area contributed by atoms with Gasteiger partial charge in [0.2, 0.25) is 0 Å². The Morgan fingerprint density at radius 2 is 1.62 bits per heavy atom. The molecule has 0 unspecified atom stereocenters. The van der Waals surface area contributed by atoms with Crippen LogP contribution in [0.2, 0.25) is 0 Å². The number of benzene rings is 1. The van der Waals surface area contributed by atoms with Crippen molar-refractivity contribution in [2.75, 3.05) is 13.2 Å². The highest BCUT2D eigenvalue weighted by Crippen LogP contribution is 2.13. The lowest BCUT2D eigenvalue weighted by atomic mass is 10.1. The minimum absolute atomic E-state index is 0.263. The number of ether oxygens (including phenoxy) is 2. The van der Waals surface area contributed by atoms with Gasteiger partial charge in [-0.05, 0) is 44.5 Å². The molecule has 0 bridgehead atoms.